The zero-order chi connectivity index (χ0) is 16.5. The lowest BCUT2D eigenvalue weighted by Crippen LogP contribution is -2.21. The first kappa shape index (κ1) is 16.8. The number of amides is 1. The van der Waals surface area contributed by atoms with Crippen LogP contribution in [0.15, 0.2) is 42.6 Å². The van der Waals surface area contributed by atoms with Crippen LogP contribution in [0.2, 0.25) is 0 Å². The number of nitrogens with one attached hydrogen (secondary N) is 1. The van der Waals surface area contributed by atoms with Crippen LogP contribution in [-0.4, -0.2) is 24.5 Å². The van der Waals surface area contributed by atoms with Crippen molar-refractivity contribution in [3.8, 4) is 11.5 Å². The third kappa shape index (κ3) is 5.62. The number of hydrogen-bond donors (Lipinski definition) is 1. The van der Waals surface area contributed by atoms with Crippen molar-refractivity contribution >= 4 is 5.91 Å². The van der Waals surface area contributed by atoms with Crippen molar-refractivity contribution in [2.24, 2.45) is 0 Å². The number of pyridine rings is 1. The fraction of sp³-hybridized carbons (Fsp3) is 0.333. The van der Waals surface area contributed by atoms with Gasteiger partial charge in [0.15, 0.2) is 0 Å². The van der Waals surface area contributed by atoms with E-state index >= 15 is 0 Å². The van der Waals surface area contributed by atoms with Crippen molar-refractivity contribution in [3.63, 3.8) is 0 Å². The van der Waals surface area contributed by atoms with E-state index in [1.54, 1.807) is 13.3 Å². The maximum absolute atomic E-state index is 10.9. The quantitative estimate of drug-likeness (QED) is 0.761. The standard InChI is InChI=1S/C18H22N2O3/c1-14(21)19-11-5-6-15-12-17(22-2)8-9-18(15)23-13-16-7-3-4-10-20-16/h3-4,7-10,12H,5-6,11,13H2,1-2H3,(H,19,21). The summed E-state index contributed by atoms with van der Waals surface area (Å²) in [6.45, 7) is 2.59. The van der Waals surface area contributed by atoms with Gasteiger partial charge in [-0.1, -0.05) is 6.07 Å². The van der Waals surface area contributed by atoms with Crippen molar-refractivity contribution in [1.29, 1.82) is 0 Å². The van der Waals surface area contributed by atoms with E-state index in [1.165, 1.54) is 6.92 Å². The van der Waals surface area contributed by atoms with Crippen LogP contribution < -0.4 is 14.8 Å². The Morgan fingerprint density at radius 1 is 1.26 bits per heavy atom. The molecule has 0 bridgehead atoms. The Morgan fingerprint density at radius 3 is 2.83 bits per heavy atom. The highest BCUT2D eigenvalue weighted by molar-refractivity contribution is 5.72. The van der Waals surface area contributed by atoms with E-state index in [1.807, 2.05) is 36.4 Å². The number of ether oxygens (including phenoxy) is 2. The Morgan fingerprint density at radius 2 is 2.13 bits per heavy atom. The number of benzene rings is 1. The Balaban J connectivity index is 2.00. The van der Waals surface area contributed by atoms with Gasteiger partial charge in [-0.15, -0.1) is 0 Å². The minimum absolute atomic E-state index is 0.0118. The average Bonchev–Trinajstić information content (AvgIpc) is 2.58. The first-order valence-corrected chi connectivity index (χ1v) is 7.63. The van der Waals surface area contributed by atoms with Gasteiger partial charge in [0.05, 0.1) is 12.8 Å². The molecule has 0 saturated heterocycles. The fourth-order valence-electron chi connectivity index (χ4n) is 2.20. The zero-order valence-corrected chi connectivity index (χ0v) is 13.5. The summed E-state index contributed by atoms with van der Waals surface area (Å²) < 4.78 is 11.2. The molecule has 2 rings (SSSR count). The van der Waals surface area contributed by atoms with Gasteiger partial charge in [-0.2, -0.15) is 0 Å². The zero-order valence-electron chi connectivity index (χ0n) is 13.5. The third-order valence-corrected chi connectivity index (χ3v) is 3.37. The summed E-state index contributed by atoms with van der Waals surface area (Å²) in [7, 11) is 1.64. The number of nitrogens with zero attached hydrogens (tertiary/aromatic N) is 1. The molecule has 1 amide bonds. The van der Waals surface area contributed by atoms with Crippen LogP contribution in [0.25, 0.3) is 0 Å². The van der Waals surface area contributed by atoms with Crippen molar-refractivity contribution in [1.82, 2.24) is 10.3 Å². The Kier molecular flexibility index (Phi) is 6.41. The fourth-order valence-corrected chi connectivity index (χ4v) is 2.20. The van der Waals surface area contributed by atoms with E-state index in [2.05, 4.69) is 10.3 Å². The number of aromatic nitrogens is 1. The lowest BCUT2D eigenvalue weighted by atomic mass is 10.1. The van der Waals surface area contributed by atoms with Crippen LogP contribution in [0, 0.1) is 0 Å². The van der Waals surface area contributed by atoms with Crippen LogP contribution in [-0.2, 0) is 17.8 Å². The lowest BCUT2D eigenvalue weighted by Gasteiger charge is -2.13. The minimum atomic E-state index is -0.0118. The molecule has 122 valence electrons. The van der Waals surface area contributed by atoms with E-state index in [9.17, 15) is 4.79 Å². The largest absolute Gasteiger partial charge is 0.497 e. The van der Waals surface area contributed by atoms with Gasteiger partial charge in [-0.05, 0) is 48.7 Å². The number of aryl methyl sites for hydroxylation is 1. The molecule has 0 radical (unpaired) electrons. The molecule has 0 atom stereocenters. The molecule has 1 aromatic carbocycles. The van der Waals surface area contributed by atoms with Crippen molar-refractivity contribution in [3.05, 3.63) is 53.9 Å². The number of carbonyl (C=O) groups excluding carboxylic acids is 1. The van der Waals surface area contributed by atoms with Gasteiger partial charge in [0.1, 0.15) is 18.1 Å². The van der Waals surface area contributed by atoms with Gasteiger partial charge in [-0.25, -0.2) is 0 Å². The second kappa shape index (κ2) is 8.78. The molecule has 0 saturated carbocycles. The SMILES string of the molecule is COc1ccc(OCc2ccccn2)c(CCCNC(C)=O)c1. The summed E-state index contributed by atoms with van der Waals surface area (Å²) in [5.74, 6) is 1.60. The molecular formula is C18H22N2O3. The maximum Gasteiger partial charge on any atom is 0.216 e. The van der Waals surface area contributed by atoms with E-state index in [4.69, 9.17) is 9.47 Å². The molecule has 2 aromatic rings. The van der Waals surface area contributed by atoms with Gasteiger partial charge in [0.2, 0.25) is 5.91 Å². The topological polar surface area (TPSA) is 60.5 Å². The van der Waals surface area contributed by atoms with Gasteiger partial charge in [-0.3, -0.25) is 9.78 Å². The van der Waals surface area contributed by atoms with Crippen LogP contribution >= 0.6 is 0 Å². The normalized spacial score (nSPS) is 10.2. The number of rotatable bonds is 8. The van der Waals surface area contributed by atoms with E-state index in [-0.39, 0.29) is 5.91 Å². The number of hydrogen-bond acceptors (Lipinski definition) is 4. The van der Waals surface area contributed by atoms with Crippen molar-refractivity contribution < 1.29 is 14.3 Å². The third-order valence-electron chi connectivity index (χ3n) is 3.37. The van der Waals surface area contributed by atoms with Crippen molar-refractivity contribution in [2.75, 3.05) is 13.7 Å². The average molecular weight is 314 g/mol. The molecule has 0 spiro atoms. The monoisotopic (exact) mass is 314 g/mol. The molecule has 0 aliphatic rings. The molecule has 1 N–H and O–H groups in total. The molecular weight excluding hydrogens is 292 g/mol. The molecule has 5 nitrogen and oxygen atoms in total. The molecule has 0 fully saturated rings. The predicted molar refractivity (Wildman–Crippen MR) is 88.6 cm³/mol. The Hall–Kier alpha value is -2.56. The summed E-state index contributed by atoms with van der Waals surface area (Å²) in [6, 6.07) is 11.5. The summed E-state index contributed by atoms with van der Waals surface area (Å²) >= 11 is 0. The van der Waals surface area contributed by atoms with E-state index in [0.717, 1.165) is 35.6 Å². The van der Waals surface area contributed by atoms with Crippen LogP contribution in [0.1, 0.15) is 24.6 Å². The highest BCUT2D eigenvalue weighted by atomic mass is 16.5. The first-order chi connectivity index (χ1) is 11.2. The highest BCUT2D eigenvalue weighted by Crippen LogP contribution is 2.26. The summed E-state index contributed by atoms with van der Waals surface area (Å²) in [5, 5.41) is 2.80. The molecule has 0 aliphatic heterocycles. The summed E-state index contributed by atoms with van der Waals surface area (Å²) in [4.78, 5) is 15.2. The number of carbonyl (C=O) groups is 1. The molecule has 1 aromatic heterocycles. The van der Waals surface area contributed by atoms with Crippen LogP contribution in [0.4, 0.5) is 0 Å². The molecule has 5 heteroatoms. The van der Waals surface area contributed by atoms with Crippen molar-refractivity contribution in [2.45, 2.75) is 26.4 Å². The van der Waals surface area contributed by atoms with E-state index < -0.39 is 0 Å². The second-order valence-electron chi connectivity index (χ2n) is 5.17. The summed E-state index contributed by atoms with van der Waals surface area (Å²) in [6.07, 6.45) is 3.39. The smallest absolute Gasteiger partial charge is 0.216 e. The van der Waals surface area contributed by atoms with E-state index in [0.29, 0.717) is 13.2 Å². The van der Waals surface area contributed by atoms with Gasteiger partial charge in [0, 0.05) is 19.7 Å². The van der Waals surface area contributed by atoms with Crippen LogP contribution in [0.5, 0.6) is 11.5 Å². The van der Waals surface area contributed by atoms with Gasteiger partial charge < -0.3 is 14.8 Å². The van der Waals surface area contributed by atoms with Gasteiger partial charge in [0.25, 0.3) is 0 Å². The molecule has 23 heavy (non-hydrogen) atoms. The second-order valence-corrected chi connectivity index (χ2v) is 5.17. The molecule has 1 heterocycles. The maximum atomic E-state index is 10.9. The molecule has 0 unspecified atom stereocenters. The number of methoxy groups -OCH3 is 1. The lowest BCUT2D eigenvalue weighted by molar-refractivity contribution is -0.118. The van der Waals surface area contributed by atoms with Gasteiger partial charge >= 0.3 is 0 Å². The minimum Gasteiger partial charge on any atom is -0.497 e. The Labute approximate surface area is 136 Å². The first-order valence-electron chi connectivity index (χ1n) is 7.63. The van der Waals surface area contributed by atoms with Crippen LogP contribution in [0.3, 0.4) is 0 Å². The molecule has 0 aliphatic carbocycles. The predicted octanol–water partition coefficient (Wildman–Crippen LogP) is 2.74. The Bertz CT molecular complexity index is 629. The summed E-state index contributed by atoms with van der Waals surface area (Å²) in [5.41, 5.74) is 1.94. The highest BCUT2D eigenvalue weighted by Gasteiger charge is 2.07.